The molecule has 3 aromatic rings. The van der Waals surface area contributed by atoms with Crippen LogP contribution in [0.2, 0.25) is 5.02 Å². The van der Waals surface area contributed by atoms with Gasteiger partial charge in [-0.25, -0.2) is 0 Å². The molecule has 2 N–H and O–H groups in total. The molecule has 0 bridgehead atoms. The molecule has 1 aromatic heterocycles. The minimum Gasteiger partial charge on any atom is -0.476 e. The Morgan fingerprint density at radius 1 is 1.20 bits per heavy atom. The van der Waals surface area contributed by atoms with Crippen molar-refractivity contribution < 1.29 is 13.9 Å². The van der Waals surface area contributed by atoms with E-state index in [2.05, 4.69) is 0 Å². The first kappa shape index (κ1) is 17.0. The first-order chi connectivity index (χ1) is 12.0. The molecular weight excluding hydrogens is 342 g/mol. The van der Waals surface area contributed by atoms with Gasteiger partial charge < -0.3 is 14.9 Å². The average molecular weight is 358 g/mol. The molecule has 0 aliphatic rings. The molecule has 0 saturated heterocycles. The van der Waals surface area contributed by atoms with Crippen molar-refractivity contribution in [2.45, 2.75) is 13.3 Å². The van der Waals surface area contributed by atoms with Crippen LogP contribution in [0.5, 0.6) is 5.75 Å². The van der Waals surface area contributed by atoms with E-state index >= 15 is 0 Å². The SMILES string of the molecule is CCc1ccc2oc(-c3ccc(Cl)cc3)c(OCC(N)=O)c(=O)c2c1. The molecule has 6 heteroatoms. The van der Waals surface area contributed by atoms with Gasteiger partial charge in [0.1, 0.15) is 5.58 Å². The standard InChI is InChI=1S/C19H16ClNO4/c1-2-11-3-8-15-14(9-11)17(23)19(24-10-16(21)22)18(25-15)12-4-6-13(20)7-5-12/h3-9H,2,10H2,1H3,(H2,21,22). The second kappa shape index (κ2) is 6.99. The molecule has 0 aliphatic heterocycles. The molecule has 1 heterocycles. The monoisotopic (exact) mass is 357 g/mol. The zero-order valence-electron chi connectivity index (χ0n) is 13.5. The fraction of sp³-hybridized carbons (Fsp3) is 0.158. The number of hydrogen-bond donors (Lipinski definition) is 1. The minimum absolute atomic E-state index is 0.0399. The lowest BCUT2D eigenvalue weighted by molar-refractivity contribution is -0.119. The van der Waals surface area contributed by atoms with Crippen molar-refractivity contribution in [2.75, 3.05) is 6.61 Å². The van der Waals surface area contributed by atoms with Crippen molar-refractivity contribution in [1.29, 1.82) is 0 Å². The number of carbonyl (C=O) groups excluding carboxylic acids is 1. The third kappa shape index (κ3) is 3.51. The minimum atomic E-state index is -0.677. The highest BCUT2D eigenvalue weighted by Gasteiger charge is 2.18. The van der Waals surface area contributed by atoms with Crippen LogP contribution in [0.3, 0.4) is 0 Å². The van der Waals surface area contributed by atoms with E-state index in [0.29, 0.717) is 21.6 Å². The van der Waals surface area contributed by atoms with E-state index in [1.54, 1.807) is 36.4 Å². The van der Waals surface area contributed by atoms with E-state index in [4.69, 9.17) is 26.5 Å². The number of hydrogen-bond acceptors (Lipinski definition) is 4. The lowest BCUT2D eigenvalue weighted by Gasteiger charge is -2.11. The molecule has 25 heavy (non-hydrogen) atoms. The first-order valence-electron chi connectivity index (χ1n) is 7.76. The van der Waals surface area contributed by atoms with E-state index in [-0.39, 0.29) is 16.9 Å². The Kier molecular flexibility index (Phi) is 4.76. The molecule has 128 valence electrons. The summed E-state index contributed by atoms with van der Waals surface area (Å²) in [6.45, 7) is 1.58. The summed E-state index contributed by atoms with van der Waals surface area (Å²) >= 11 is 5.92. The Bertz CT molecular complexity index is 993. The van der Waals surface area contributed by atoms with Crippen LogP contribution in [0.4, 0.5) is 0 Å². The molecule has 0 saturated carbocycles. The Morgan fingerprint density at radius 3 is 2.56 bits per heavy atom. The summed E-state index contributed by atoms with van der Waals surface area (Å²) in [5, 5.41) is 0.954. The largest absolute Gasteiger partial charge is 0.476 e. The van der Waals surface area contributed by atoms with Gasteiger partial charge in [0.15, 0.2) is 12.4 Å². The van der Waals surface area contributed by atoms with Gasteiger partial charge in [0, 0.05) is 10.6 Å². The number of carbonyl (C=O) groups is 1. The van der Waals surface area contributed by atoms with Gasteiger partial charge in [-0.3, -0.25) is 9.59 Å². The maximum absolute atomic E-state index is 12.9. The fourth-order valence-electron chi connectivity index (χ4n) is 2.51. The third-order valence-corrected chi connectivity index (χ3v) is 4.04. The molecule has 0 fully saturated rings. The highest BCUT2D eigenvalue weighted by Crippen LogP contribution is 2.32. The molecule has 0 aliphatic carbocycles. The second-order valence-electron chi connectivity index (χ2n) is 5.54. The molecule has 0 radical (unpaired) electrons. The van der Waals surface area contributed by atoms with Crippen LogP contribution in [-0.2, 0) is 11.2 Å². The number of amides is 1. The Labute approximate surface area is 149 Å². The van der Waals surface area contributed by atoms with Crippen LogP contribution in [0.25, 0.3) is 22.3 Å². The smallest absolute Gasteiger partial charge is 0.255 e. The summed E-state index contributed by atoms with van der Waals surface area (Å²) in [7, 11) is 0. The number of halogens is 1. The first-order valence-corrected chi connectivity index (χ1v) is 8.14. The topological polar surface area (TPSA) is 82.5 Å². The van der Waals surface area contributed by atoms with Crippen LogP contribution in [-0.4, -0.2) is 12.5 Å². The highest BCUT2D eigenvalue weighted by atomic mass is 35.5. The molecule has 0 atom stereocenters. The predicted octanol–water partition coefficient (Wildman–Crippen LogP) is 3.54. The van der Waals surface area contributed by atoms with Crippen LogP contribution < -0.4 is 15.9 Å². The molecule has 2 aromatic carbocycles. The molecule has 1 amide bonds. The molecular formula is C19H16ClNO4. The van der Waals surface area contributed by atoms with E-state index in [1.807, 2.05) is 13.0 Å². The van der Waals surface area contributed by atoms with Gasteiger partial charge in [0.25, 0.3) is 5.91 Å². The van der Waals surface area contributed by atoms with Crippen molar-refractivity contribution in [3.05, 3.63) is 63.3 Å². The van der Waals surface area contributed by atoms with Gasteiger partial charge >= 0.3 is 0 Å². The average Bonchev–Trinajstić information content (AvgIpc) is 2.61. The summed E-state index contributed by atoms with van der Waals surface area (Å²) < 4.78 is 11.3. The highest BCUT2D eigenvalue weighted by molar-refractivity contribution is 6.30. The molecule has 5 nitrogen and oxygen atoms in total. The molecule has 3 rings (SSSR count). The van der Waals surface area contributed by atoms with Gasteiger partial charge in [-0.2, -0.15) is 0 Å². The van der Waals surface area contributed by atoms with Gasteiger partial charge in [-0.05, 0) is 48.4 Å². The van der Waals surface area contributed by atoms with Gasteiger partial charge in [-0.1, -0.05) is 24.6 Å². The van der Waals surface area contributed by atoms with Crippen molar-refractivity contribution in [3.8, 4) is 17.1 Å². The van der Waals surface area contributed by atoms with Crippen LogP contribution in [0.1, 0.15) is 12.5 Å². The number of ether oxygens (including phenoxy) is 1. The van der Waals surface area contributed by atoms with Crippen LogP contribution in [0, 0.1) is 0 Å². The van der Waals surface area contributed by atoms with Crippen molar-refractivity contribution >= 4 is 28.5 Å². The lowest BCUT2D eigenvalue weighted by atomic mass is 10.1. The van der Waals surface area contributed by atoms with Crippen LogP contribution in [0.15, 0.2) is 51.7 Å². The van der Waals surface area contributed by atoms with E-state index < -0.39 is 12.5 Å². The number of rotatable bonds is 5. The van der Waals surface area contributed by atoms with Crippen molar-refractivity contribution in [1.82, 2.24) is 0 Å². The Balaban J connectivity index is 2.25. The van der Waals surface area contributed by atoms with E-state index in [9.17, 15) is 9.59 Å². The Morgan fingerprint density at radius 2 is 1.92 bits per heavy atom. The maximum Gasteiger partial charge on any atom is 0.255 e. The molecule has 0 unspecified atom stereocenters. The summed E-state index contributed by atoms with van der Waals surface area (Å²) in [5.74, 6) is -0.481. The van der Waals surface area contributed by atoms with E-state index in [1.165, 1.54) is 0 Å². The second-order valence-corrected chi connectivity index (χ2v) is 5.97. The third-order valence-electron chi connectivity index (χ3n) is 3.79. The summed E-state index contributed by atoms with van der Waals surface area (Å²) in [6.07, 6.45) is 0.784. The van der Waals surface area contributed by atoms with Crippen molar-refractivity contribution in [2.24, 2.45) is 5.73 Å². The zero-order chi connectivity index (χ0) is 18.0. The van der Waals surface area contributed by atoms with Crippen molar-refractivity contribution in [3.63, 3.8) is 0 Å². The number of nitrogens with two attached hydrogens (primary N) is 1. The van der Waals surface area contributed by atoms with Gasteiger partial charge in [0.05, 0.1) is 5.39 Å². The maximum atomic E-state index is 12.9. The summed E-state index contributed by atoms with van der Waals surface area (Å²) in [5.41, 5.74) is 6.85. The lowest BCUT2D eigenvalue weighted by Crippen LogP contribution is -2.22. The van der Waals surface area contributed by atoms with Crippen LogP contribution >= 0.6 is 11.6 Å². The molecule has 0 spiro atoms. The quantitative estimate of drug-likeness (QED) is 0.757. The summed E-state index contributed by atoms with van der Waals surface area (Å²) in [6, 6.07) is 12.2. The number of aryl methyl sites for hydroxylation is 1. The fourth-order valence-corrected chi connectivity index (χ4v) is 2.64. The Hall–Kier alpha value is -2.79. The number of fused-ring (bicyclic) bond motifs is 1. The summed E-state index contributed by atoms with van der Waals surface area (Å²) in [4.78, 5) is 24.0. The predicted molar refractivity (Wildman–Crippen MR) is 97.0 cm³/mol. The zero-order valence-corrected chi connectivity index (χ0v) is 14.3. The normalized spacial score (nSPS) is 10.8. The van der Waals surface area contributed by atoms with Gasteiger partial charge in [-0.15, -0.1) is 0 Å². The van der Waals surface area contributed by atoms with Gasteiger partial charge in [0.2, 0.25) is 11.2 Å². The van der Waals surface area contributed by atoms with E-state index in [0.717, 1.165) is 12.0 Å². The number of benzene rings is 2. The number of primary amides is 1.